The van der Waals surface area contributed by atoms with Gasteiger partial charge in [-0.25, -0.2) is 0 Å². The van der Waals surface area contributed by atoms with Crippen LogP contribution < -0.4 is 0 Å². The van der Waals surface area contributed by atoms with Gasteiger partial charge in [0.25, 0.3) is 0 Å². The molecule has 26 heavy (non-hydrogen) atoms. The molecule has 0 radical (unpaired) electrons. The highest BCUT2D eigenvalue weighted by atomic mass is 14.1. The Morgan fingerprint density at radius 1 is 0.615 bits per heavy atom. The van der Waals surface area contributed by atoms with E-state index in [2.05, 4.69) is 61.2 Å². The van der Waals surface area contributed by atoms with Gasteiger partial charge in [0.2, 0.25) is 0 Å². The van der Waals surface area contributed by atoms with Crippen LogP contribution in [0, 0.1) is 0 Å². The van der Waals surface area contributed by atoms with Crippen molar-refractivity contribution in [3.8, 4) is 0 Å². The summed E-state index contributed by atoms with van der Waals surface area (Å²) in [4.78, 5) is 0. The van der Waals surface area contributed by atoms with Crippen LogP contribution in [0.1, 0.15) is 49.7 Å². The molecule has 134 valence electrons. The first-order valence-corrected chi connectivity index (χ1v) is 9.64. The lowest BCUT2D eigenvalue weighted by molar-refractivity contribution is 0.702. The maximum atomic E-state index is 3.58. The van der Waals surface area contributed by atoms with Crippen molar-refractivity contribution in [2.45, 2.75) is 38.5 Å². The summed E-state index contributed by atoms with van der Waals surface area (Å²) in [5, 5.41) is 0. The molecule has 0 aromatic heterocycles. The van der Waals surface area contributed by atoms with Crippen LogP contribution in [0.4, 0.5) is 0 Å². The fourth-order valence-corrected chi connectivity index (χ4v) is 2.99. The summed E-state index contributed by atoms with van der Waals surface area (Å²) < 4.78 is 0. The third-order valence-electron chi connectivity index (χ3n) is 4.36. The van der Waals surface area contributed by atoms with Crippen LogP contribution in [0.5, 0.6) is 0 Å². The van der Waals surface area contributed by atoms with Gasteiger partial charge in [-0.1, -0.05) is 122 Å². The fraction of sp³-hybridized carbons (Fsp3) is 0.231. The molecule has 0 spiro atoms. The van der Waals surface area contributed by atoms with Crippen molar-refractivity contribution in [1.82, 2.24) is 0 Å². The molecule has 1 fully saturated rings. The van der Waals surface area contributed by atoms with Crippen molar-refractivity contribution in [2.75, 3.05) is 0 Å². The summed E-state index contributed by atoms with van der Waals surface area (Å²) >= 11 is 0. The van der Waals surface area contributed by atoms with Crippen molar-refractivity contribution in [3.63, 3.8) is 0 Å². The Bertz CT molecular complexity index is 692. The lowest BCUT2D eigenvalue weighted by Crippen LogP contribution is -1.81. The molecule has 2 aromatic carbocycles. The molecule has 0 heterocycles. The van der Waals surface area contributed by atoms with Crippen LogP contribution in [-0.2, 0) is 0 Å². The highest BCUT2D eigenvalue weighted by Crippen LogP contribution is 2.23. The first kappa shape index (κ1) is 19.7. The quantitative estimate of drug-likeness (QED) is 0.392. The molecule has 0 nitrogen and oxygen atoms in total. The molecule has 1 aliphatic carbocycles. The van der Waals surface area contributed by atoms with E-state index in [1.165, 1.54) is 49.7 Å². The second-order valence-corrected chi connectivity index (χ2v) is 6.52. The summed E-state index contributed by atoms with van der Waals surface area (Å²) in [6.45, 7) is 3.58. The van der Waals surface area contributed by atoms with Crippen molar-refractivity contribution >= 4 is 12.2 Å². The third kappa shape index (κ3) is 8.48. The van der Waals surface area contributed by atoms with Crippen molar-refractivity contribution in [1.29, 1.82) is 0 Å². The van der Waals surface area contributed by atoms with Gasteiger partial charge in [0.1, 0.15) is 0 Å². The minimum Gasteiger partial charge on any atom is -0.0991 e. The molecule has 1 aliphatic rings. The van der Waals surface area contributed by atoms with Gasteiger partial charge >= 0.3 is 0 Å². The number of benzene rings is 2. The van der Waals surface area contributed by atoms with E-state index in [-0.39, 0.29) is 0 Å². The fourth-order valence-electron chi connectivity index (χ4n) is 2.99. The van der Waals surface area contributed by atoms with Crippen LogP contribution >= 0.6 is 0 Å². The zero-order valence-corrected chi connectivity index (χ0v) is 15.7. The summed E-state index contributed by atoms with van der Waals surface area (Å²) in [6.07, 6.45) is 20.3. The largest absolute Gasteiger partial charge is 0.0991 e. The topological polar surface area (TPSA) is 0 Å². The first-order valence-electron chi connectivity index (χ1n) is 9.64. The molecular weight excluding hydrogens is 312 g/mol. The summed E-state index contributed by atoms with van der Waals surface area (Å²) in [7, 11) is 0. The van der Waals surface area contributed by atoms with Gasteiger partial charge in [-0.2, -0.15) is 0 Å². The van der Waals surface area contributed by atoms with Gasteiger partial charge in [0, 0.05) is 0 Å². The second kappa shape index (κ2) is 12.7. The molecule has 0 bridgehead atoms. The highest BCUT2D eigenvalue weighted by Gasteiger charge is 2.03. The molecule has 0 unspecified atom stereocenters. The van der Waals surface area contributed by atoms with Crippen LogP contribution in [0.3, 0.4) is 0 Å². The van der Waals surface area contributed by atoms with Crippen molar-refractivity contribution in [3.05, 3.63) is 108 Å². The smallest absolute Gasteiger partial charge is 0.0257 e. The van der Waals surface area contributed by atoms with Crippen LogP contribution in [0.25, 0.3) is 12.2 Å². The van der Waals surface area contributed by atoms with Gasteiger partial charge in [-0.05, 0) is 36.8 Å². The summed E-state index contributed by atoms with van der Waals surface area (Å²) in [6, 6.07) is 20.9. The Kier molecular flexibility index (Phi) is 9.65. The molecule has 0 amide bonds. The first-order chi connectivity index (χ1) is 12.9. The number of hydrogen-bond acceptors (Lipinski definition) is 0. The molecule has 0 atom stereocenters. The van der Waals surface area contributed by atoms with E-state index >= 15 is 0 Å². The SMILES string of the molecule is C(=C1CCCCCC1)c1ccccc1.C=CC=CC=Cc1ccccc1. The number of allylic oxidation sites excluding steroid dienone is 5. The zero-order valence-electron chi connectivity index (χ0n) is 15.7. The molecular formula is C26H30. The van der Waals surface area contributed by atoms with E-state index in [1.807, 2.05) is 36.4 Å². The third-order valence-corrected chi connectivity index (χ3v) is 4.36. The van der Waals surface area contributed by atoms with E-state index < -0.39 is 0 Å². The summed E-state index contributed by atoms with van der Waals surface area (Å²) in [5.41, 5.74) is 4.23. The van der Waals surface area contributed by atoms with Gasteiger partial charge in [-0.3, -0.25) is 0 Å². The molecule has 1 saturated carbocycles. The molecule has 0 heteroatoms. The minimum absolute atomic E-state index is 1.21. The van der Waals surface area contributed by atoms with Gasteiger partial charge in [0.15, 0.2) is 0 Å². The van der Waals surface area contributed by atoms with E-state index in [9.17, 15) is 0 Å². The van der Waals surface area contributed by atoms with E-state index in [0.717, 1.165) is 0 Å². The maximum absolute atomic E-state index is 3.58. The molecule has 0 N–H and O–H groups in total. The lowest BCUT2D eigenvalue weighted by atomic mass is 10.0. The Labute approximate surface area is 159 Å². The maximum Gasteiger partial charge on any atom is -0.0257 e. The van der Waals surface area contributed by atoms with Gasteiger partial charge < -0.3 is 0 Å². The Balaban J connectivity index is 0.000000190. The van der Waals surface area contributed by atoms with Gasteiger partial charge in [-0.15, -0.1) is 0 Å². The normalized spacial score (nSPS) is 14.5. The average Bonchev–Trinajstić information content (AvgIpc) is 2.96. The number of hydrogen-bond donors (Lipinski definition) is 0. The van der Waals surface area contributed by atoms with Gasteiger partial charge in [0.05, 0.1) is 0 Å². The van der Waals surface area contributed by atoms with Crippen LogP contribution in [0.15, 0.2) is 97.1 Å². The Morgan fingerprint density at radius 2 is 1.19 bits per heavy atom. The lowest BCUT2D eigenvalue weighted by Gasteiger charge is -2.02. The van der Waals surface area contributed by atoms with Crippen molar-refractivity contribution < 1.29 is 0 Å². The van der Waals surface area contributed by atoms with E-state index in [4.69, 9.17) is 0 Å². The number of rotatable bonds is 4. The van der Waals surface area contributed by atoms with Crippen LogP contribution in [0.2, 0.25) is 0 Å². The molecule has 0 aliphatic heterocycles. The predicted molar refractivity (Wildman–Crippen MR) is 117 cm³/mol. The average molecular weight is 343 g/mol. The highest BCUT2D eigenvalue weighted by molar-refractivity contribution is 5.52. The zero-order chi connectivity index (χ0) is 18.3. The second-order valence-electron chi connectivity index (χ2n) is 6.52. The van der Waals surface area contributed by atoms with E-state index in [0.29, 0.717) is 0 Å². The Morgan fingerprint density at radius 3 is 1.77 bits per heavy atom. The standard InChI is InChI=1S/C14H18.C12H12/c1-2-5-9-13(8-4-1)12-14-10-6-3-7-11-14;1-2-3-4-6-9-12-10-7-5-8-11-12/h3,6-7,10-12H,1-2,4-5,8-9H2;2-11H,1H2. The summed E-state index contributed by atoms with van der Waals surface area (Å²) in [5.74, 6) is 0. The van der Waals surface area contributed by atoms with Crippen molar-refractivity contribution in [2.24, 2.45) is 0 Å². The van der Waals surface area contributed by atoms with E-state index in [1.54, 1.807) is 11.6 Å². The minimum atomic E-state index is 1.21. The predicted octanol–water partition coefficient (Wildman–Crippen LogP) is 7.87. The Hall–Kier alpha value is -2.60. The molecule has 3 rings (SSSR count). The molecule has 0 saturated heterocycles. The van der Waals surface area contributed by atoms with Crippen LogP contribution in [-0.4, -0.2) is 0 Å². The monoisotopic (exact) mass is 342 g/mol. The molecule has 2 aromatic rings.